The average molecular weight is 148 g/mol. The molecule has 2 N–H and O–H groups in total. The van der Waals surface area contributed by atoms with Gasteiger partial charge in [-0.25, -0.2) is 0 Å². The summed E-state index contributed by atoms with van der Waals surface area (Å²) in [7, 11) is -0.844. The van der Waals surface area contributed by atoms with Crippen LogP contribution in [0.25, 0.3) is 0 Å². The molecule has 0 unspecified atom stereocenters. The van der Waals surface area contributed by atoms with Crippen molar-refractivity contribution in [2.45, 2.75) is 0 Å². The van der Waals surface area contributed by atoms with Crippen molar-refractivity contribution in [3.8, 4) is 0 Å². The van der Waals surface area contributed by atoms with Crippen LogP contribution in [0.3, 0.4) is 0 Å². The van der Waals surface area contributed by atoms with Gasteiger partial charge in [-0.05, 0) is 0 Å². The van der Waals surface area contributed by atoms with Crippen LogP contribution in [0.1, 0.15) is 0 Å². The van der Waals surface area contributed by atoms with Crippen LogP contribution in [0.4, 0.5) is 0 Å². The molecule has 54 valence electrons. The molecule has 0 spiro atoms. The van der Waals surface area contributed by atoms with Gasteiger partial charge >= 0.3 is 0 Å². The second-order valence-electron chi connectivity index (χ2n) is 1.79. The van der Waals surface area contributed by atoms with Crippen molar-refractivity contribution < 1.29 is 14.6 Å². The van der Waals surface area contributed by atoms with Crippen LogP contribution in [0.15, 0.2) is 12.3 Å². The summed E-state index contributed by atoms with van der Waals surface area (Å²) in [5.41, 5.74) is 1.52. The van der Waals surface area contributed by atoms with Crippen LogP contribution in [-0.2, 0) is 4.43 Å². The van der Waals surface area contributed by atoms with Gasteiger partial charge < -0.3 is 14.6 Å². The first-order chi connectivity index (χ1) is 4.24. The average Bonchev–Trinajstić information content (AvgIpc) is 1.95. The van der Waals surface area contributed by atoms with E-state index in [1.54, 1.807) is 0 Å². The van der Waals surface area contributed by atoms with Gasteiger partial charge in [0.15, 0.2) is 0 Å². The van der Waals surface area contributed by atoms with E-state index in [9.17, 15) is 0 Å². The topological polar surface area (TPSA) is 49.7 Å². The zero-order chi connectivity index (χ0) is 7.33. The van der Waals surface area contributed by atoms with Crippen LogP contribution in [-0.4, -0.2) is 38.1 Å². The second-order valence-corrected chi connectivity index (χ2v) is 5.37. The summed E-state index contributed by atoms with van der Waals surface area (Å²) in [6, 6.07) is 0. The maximum Gasteiger partial charge on any atom is 0.266 e. The number of aliphatic hydroxyl groups is 2. The maximum absolute atomic E-state index is 8.68. The Hall–Kier alpha value is -0.163. The van der Waals surface area contributed by atoms with Crippen molar-refractivity contribution in [2.75, 3.05) is 19.6 Å². The number of hydrogen-bond acceptors (Lipinski definition) is 3. The number of aliphatic hydroxyl groups excluding tert-OH is 2. The molecule has 0 aromatic carbocycles. The molecule has 0 saturated heterocycles. The van der Waals surface area contributed by atoms with Gasteiger partial charge in [0.05, 0.1) is 12.5 Å². The molecule has 0 heterocycles. The van der Waals surface area contributed by atoms with Crippen molar-refractivity contribution in [3.63, 3.8) is 0 Å². The zero-order valence-electron chi connectivity index (χ0n) is 5.50. The normalized spacial score (nSPS) is 11.4. The van der Waals surface area contributed by atoms with Gasteiger partial charge in [0.2, 0.25) is 0 Å². The Morgan fingerprint density at radius 3 is 2.00 bits per heavy atom. The molecule has 0 radical (unpaired) electrons. The van der Waals surface area contributed by atoms with Gasteiger partial charge in [0.25, 0.3) is 8.32 Å². The smallest absolute Gasteiger partial charge is 0.266 e. The molecule has 0 rings (SSSR count). The van der Waals surface area contributed by atoms with E-state index < -0.39 is 8.32 Å². The molecule has 0 aliphatic rings. The van der Waals surface area contributed by atoms with Crippen LogP contribution in [0.5, 0.6) is 0 Å². The van der Waals surface area contributed by atoms with Crippen molar-refractivity contribution >= 4 is 8.32 Å². The van der Waals surface area contributed by atoms with E-state index in [2.05, 4.69) is 6.58 Å². The fourth-order valence-corrected chi connectivity index (χ4v) is 1.17. The summed E-state index contributed by atoms with van der Waals surface area (Å²) in [6.45, 7) is 3.46. The lowest BCUT2D eigenvalue weighted by molar-refractivity contribution is 0.262. The third-order valence-electron chi connectivity index (χ3n) is 1.31. The minimum Gasteiger partial charge on any atom is -0.412 e. The van der Waals surface area contributed by atoms with Crippen molar-refractivity contribution in [2.24, 2.45) is 0 Å². The number of rotatable bonds is 4. The molecule has 0 saturated carbocycles. The van der Waals surface area contributed by atoms with E-state index >= 15 is 0 Å². The molecule has 0 aliphatic carbocycles. The molecule has 0 aromatic rings. The van der Waals surface area contributed by atoms with Gasteiger partial charge in [-0.1, -0.05) is 5.70 Å². The lowest BCUT2D eigenvalue weighted by Gasteiger charge is -2.19. The molecule has 0 fully saturated rings. The van der Waals surface area contributed by atoms with Gasteiger partial charge in [-0.3, -0.25) is 0 Å². The molecule has 0 aliphatic heterocycles. The highest BCUT2D eigenvalue weighted by atomic mass is 28.4. The van der Waals surface area contributed by atoms with Crippen LogP contribution < -0.4 is 0 Å². The van der Waals surface area contributed by atoms with Gasteiger partial charge in [0.1, 0.15) is 0 Å². The van der Waals surface area contributed by atoms with Crippen molar-refractivity contribution in [3.05, 3.63) is 12.3 Å². The summed E-state index contributed by atoms with van der Waals surface area (Å²) in [6.07, 6.45) is -0.215. The van der Waals surface area contributed by atoms with E-state index in [4.69, 9.17) is 14.6 Å². The lowest BCUT2D eigenvalue weighted by atomic mass is 11.3. The van der Waals surface area contributed by atoms with E-state index in [1.165, 1.54) is 12.8 Å². The Labute approximate surface area is 55.7 Å². The van der Waals surface area contributed by atoms with E-state index in [1.807, 2.05) is 0 Å². The van der Waals surface area contributed by atoms with Gasteiger partial charge in [-0.15, -0.1) is 6.58 Å². The Morgan fingerprint density at radius 2 is 2.00 bits per heavy atom. The lowest BCUT2D eigenvalue weighted by Crippen LogP contribution is -2.44. The first-order valence-corrected chi connectivity index (χ1v) is 5.05. The predicted molar refractivity (Wildman–Crippen MR) is 37.1 cm³/mol. The fraction of sp³-hybridized carbons (Fsp3) is 0.600. The summed E-state index contributed by atoms with van der Waals surface area (Å²) in [4.78, 5) is 0. The third-order valence-corrected chi connectivity index (χ3v) is 3.94. The zero-order valence-corrected chi connectivity index (χ0v) is 6.50. The van der Waals surface area contributed by atoms with Crippen LogP contribution in [0.2, 0.25) is 0 Å². The molecule has 0 amide bonds. The molecule has 3 nitrogen and oxygen atoms in total. The van der Waals surface area contributed by atoms with Gasteiger partial charge in [-0.2, -0.15) is 0 Å². The van der Waals surface area contributed by atoms with E-state index in [0.717, 1.165) is 0 Å². The molecule has 9 heavy (non-hydrogen) atoms. The largest absolute Gasteiger partial charge is 0.412 e. The SMILES string of the molecule is C=C[Si](CO)(CO)OC. The third kappa shape index (κ3) is 1.91. The standard InChI is InChI=1S/C5H12O3Si/c1-3-9(4-6,5-7)8-2/h3,6-7H,1,4-5H2,2H3. The minimum atomic E-state index is -2.32. The fourth-order valence-electron chi connectivity index (χ4n) is 0.392. The highest BCUT2D eigenvalue weighted by Crippen LogP contribution is 2.01. The van der Waals surface area contributed by atoms with E-state index in [-0.39, 0.29) is 12.5 Å². The first-order valence-electron chi connectivity index (χ1n) is 2.65. The summed E-state index contributed by atoms with van der Waals surface area (Å²) >= 11 is 0. The minimum absolute atomic E-state index is 0.108. The Balaban J connectivity index is 3.98. The predicted octanol–water partition coefficient (Wildman–Crippen LogP) is -0.634. The Bertz CT molecular complexity index is 81.9. The number of hydrogen-bond donors (Lipinski definition) is 2. The highest BCUT2D eigenvalue weighted by Gasteiger charge is 2.28. The van der Waals surface area contributed by atoms with E-state index in [0.29, 0.717) is 0 Å². The molecule has 0 aromatic heterocycles. The Kier molecular flexibility index (Phi) is 3.72. The summed E-state index contributed by atoms with van der Waals surface area (Å²) in [5, 5.41) is 17.4. The second kappa shape index (κ2) is 3.79. The van der Waals surface area contributed by atoms with Gasteiger partial charge in [0, 0.05) is 7.11 Å². The summed E-state index contributed by atoms with van der Waals surface area (Å²) < 4.78 is 4.91. The maximum atomic E-state index is 8.68. The Morgan fingerprint density at radius 1 is 1.56 bits per heavy atom. The van der Waals surface area contributed by atoms with Crippen molar-refractivity contribution in [1.82, 2.24) is 0 Å². The molecule has 4 heteroatoms. The highest BCUT2D eigenvalue weighted by molar-refractivity contribution is 6.78. The molecule has 0 atom stereocenters. The molecule has 0 bridgehead atoms. The van der Waals surface area contributed by atoms with Crippen LogP contribution >= 0.6 is 0 Å². The first kappa shape index (κ1) is 8.84. The summed E-state index contributed by atoms with van der Waals surface area (Å²) in [5.74, 6) is 0. The van der Waals surface area contributed by atoms with Crippen molar-refractivity contribution in [1.29, 1.82) is 0 Å². The quantitative estimate of drug-likeness (QED) is 0.522. The molecular formula is C5H12O3Si. The molecular weight excluding hydrogens is 136 g/mol. The van der Waals surface area contributed by atoms with Crippen LogP contribution in [0, 0.1) is 0 Å². The monoisotopic (exact) mass is 148 g/mol.